The van der Waals surface area contributed by atoms with Gasteiger partial charge in [-0.1, -0.05) is 46.9 Å². The van der Waals surface area contributed by atoms with Gasteiger partial charge >= 0.3 is 0 Å². The fourth-order valence-electron chi connectivity index (χ4n) is 4.52. The number of aryl methyl sites for hydroxylation is 4. The number of unbranched alkanes of at least 4 members (excludes halogenated alkanes) is 1. The number of rotatable bonds is 17. The van der Waals surface area contributed by atoms with E-state index in [1.165, 1.54) is 22.7 Å². The number of amides is 2. The van der Waals surface area contributed by atoms with E-state index < -0.39 is 0 Å². The Kier molecular flexibility index (Phi) is 12.2. The number of hydrogen-bond donors (Lipinski definition) is 2. The van der Waals surface area contributed by atoms with Crippen molar-refractivity contribution in [1.29, 1.82) is 0 Å². The highest BCUT2D eigenvalue weighted by atomic mass is 32.1. The van der Waals surface area contributed by atoms with Crippen LogP contribution in [0.2, 0.25) is 0 Å². The van der Waals surface area contributed by atoms with Crippen molar-refractivity contribution in [2.24, 2.45) is 0 Å². The molecule has 2 N–H and O–H groups in total. The topological polar surface area (TPSA) is 147 Å². The van der Waals surface area contributed by atoms with Gasteiger partial charge in [0.1, 0.15) is 10.0 Å². The zero-order valence-electron chi connectivity index (χ0n) is 25.2. The molecule has 14 heteroatoms. The summed E-state index contributed by atoms with van der Waals surface area (Å²) in [5.74, 6) is 2.26. The molecule has 0 atom stereocenters. The first kappa shape index (κ1) is 32.6. The lowest BCUT2D eigenvalue weighted by Crippen LogP contribution is -2.12. The van der Waals surface area contributed by atoms with Gasteiger partial charge in [-0.05, 0) is 48.9 Å². The maximum absolute atomic E-state index is 12.5. The molecule has 4 aromatic rings. The zero-order valence-corrected chi connectivity index (χ0v) is 26.8. The molecule has 0 saturated carbocycles. The third kappa shape index (κ3) is 9.10. The van der Waals surface area contributed by atoms with E-state index in [2.05, 4.69) is 31.0 Å². The molecule has 0 radical (unpaired) electrons. The zero-order chi connectivity index (χ0) is 31.3. The van der Waals surface area contributed by atoms with Crippen LogP contribution in [0.3, 0.4) is 0 Å². The molecule has 2 aromatic heterocycles. The van der Waals surface area contributed by atoms with Crippen LogP contribution < -0.4 is 29.6 Å². The quantitative estimate of drug-likeness (QED) is 0.149. The maximum atomic E-state index is 12.5. The fourth-order valence-corrected chi connectivity index (χ4v) is 6.12. The van der Waals surface area contributed by atoms with Crippen molar-refractivity contribution in [2.75, 3.05) is 39.1 Å². The number of ether oxygens (including phenoxy) is 4. The first-order valence-electron chi connectivity index (χ1n) is 14.1. The van der Waals surface area contributed by atoms with Crippen LogP contribution in [0.4, 0.5) is 10.3 Å². The Morgan fingerprint density at radius 1 is 0.614 bits per heavy atom. The van der Waals surface area contributed by atoms with Crippen molar-refractivity contribution in [3.8, 4) is 23.0 Å². The number of benzene rings is 2. The summed E-state index contributed by atoms with van der Waals surface area (Å²) in [6.45, 7) is 0. The Bertz CT molecular complexity index is 1430. The average Bonchev–Trinajstić information content (AvgIpc) is 3.69. The molecule has 44 heavy (non-hydrogen) atoms. The number of anilines is 2. The summed E-state index contributed by atoms with van der Waals surface area (Å²) in [5, 5.41) is 25.0. The first-order chi connectivity index (χ1) is 21.4. The second-order valence-electron chi connectivity index (χ2n) is 9.61. The summed E-state index contributed by atoms with van der Waals surface area (Å²) in [6.07, 6.45) is 4.80. The molecule has 0 fully saturated rings. The Morgan fingerprint density at radius 2 is 1.05 bits per heavy atom. The minimum atomic E-state index is -0.142. The fraction of sp³-hybridized carbons (Fsp3) is 0.400. The van der Waals surface area contributed by atoms with Gasteiger partial charge in [-0.15, -0.1) is 20.4 Å². The van der Waals surface area contributed by atoms with Crippen molar-refractivity contribution in [3.05, 3.63) is 57.5 Å². The van der Waals surface area contributed by atoms with E-state index in [0.717, 1.165) is 46.8 Å². The third-order valence-corrected chi connectivity index (χ3v) is 8.47. The molecule has 2 aromatic carbocycles. The van der Waals surface area contributed by atoms with Gasteiger partial charge in [0.2, 0.25) is 22.1 Å². The number of aromatic nitrogens is 4. The highest BCUT2D eigenvalue weighted by molar-refractivity contribution is 7.15. The molecular weight excluding hydrogens is 605 g/mol. The lowest BCUT2D eigenvalue weighted by atomic mass is 10.1. The molecule has 0 bridgehead atoms. The van der Waals surface area contributed by atoms with Gasteiger partial charge in [-0.2, -0.15) is 0 Å². The van der Waals surface area contributed by atoms with E-state index in [1.807, 2.05) is 36.4 Å². The van der Waals surface area contributed by atoms with Crippen LogP contribution in [0.25, 0.3) is 0 Å². The lowest BCUT2D eigenvalue weighted by Gasteiger charge is -2.12. The Morgan fingerprint density at radius 3 is 1.43 bits per heavy atom. The predicted octanol–water partition coefficient (Wildman–Crippen LogP) is 5.13. The van der Waals surface area contributed by atoms with E-state index >= 15 is 0 Å². The van der Waals surface area contributed by atoms with Gasteiger partial charge in [-0.3, -0.25) is 9.59 Å². The highest BCUT2D eigenvalue weighted by Crippen LogP contribution is 2.32. The number of nitrogens with zero attached hydrogens (tertiary/aromatic N) is 4. The monoisotopic (exact) mass is 640 g/mol. The number of para-hydroxylation sites is 2. The lowest BCUT2D eigenvalue weighted by molar-refractivity contribution is -0.117. The molecule has 0 spiro atoms. The Hall–Kier alpha value is -4.30. The van der Waals surface area contributed by atoms with E-state index in [4.69, 9.17) is 18.9 Å². The molecule has 0 aliphatic heterocycles. The van der Waals surface area contributed by atoms with Crippen molar-refractivity contribution >= 4 is 44.8 Å². The minimum Gasteiger partial charge on any atom is -0.493 e. The van der Waals surface area contributed by atoms with Crippen LogP contribution in [-0.2, 0) is 35.3 Å². The molecule has 0 saturated heterocycles. The normalized spacial score (nSPS) is 10.7. The standard InChI is InChI=1S/C30H36N6O6S2/c1-39-21-11-7-9-19(27(21)41-3)15-17-23(37)31-29-35-33-25(43-29)13-5-6-14-26-34-36-30(44-26)32-24(38)18-16-20-10-8-12-22(40-2)28(20)42-4/h7-12H,5-6,13-18H2,1-4H3,(H,31,35,37)(H,32,36,38). The number of carbonyl (C=O) groups excluding carboxylic acids is 2. The van der Waals surface area contributed by atoms with Crippen molar-refractivity contribution in [3.63, 3.8) is 0 Å². The van der Waals surface area contributed by atoms with Crippen molar-refractivity contribution in [1.82, 2.24) is 20.4 Å². The van der Waals surface area contributed by atoms with Gasteiger partial charge in [-0.25, -0.2) is 0 Å². The molecule has 4 rings (SSSR count). The summed E-state index contributed by atoms with van der Waals surface area (Å²) in [6, 6.07) is 11.2. The van der Waals surface area contributed by atoms with Gasteiger partial charge in [0.25, 0.3) is 0 Å². The second-order valence-corrected chi connectivity index (χ2v) is 11.7. The highest BCUT2D eigenvalue weighted by Gasteiger charge is 2.15. The molecule has 234 valence electrons. The minimum absolute atomic E-state index is 0.142. The van der Waals surface area contributed by atoms with Crippen LogP contribution >= 0.6 is 22.7 Å². The largest absolute Gasteiger partial charge is 0.493 e. The summed E-state index contributed by atoms with van der Waals surface area (Å²) in [4.78, 5) is 25.0. The maximum Gasteiger partial charge on any atom is 0.226 e. The molecular formula is C30H36N6O6S2. The molecule has 12 nitrogen and oxygen atoms in total. The summed E-state index contributed by atoms with van der Waals surface area (Å²) < 4.78 is 21.5. The third-order valence-electron chi connectivity index (χ3n) is 6.67. The van der Waals surface area contributed by atoms with Crippen LogP contribution in [0.1, 0.15) is 46.8 Å². The van der Waals surface area contributed by atoms with Crippen LogP contribution in [-0.4, -0.2) is 60.6 Å². The molecule has 0 unspecified atom stereocenters. The number of carbonyl (C=O) groups is 2. The smallest absolute Gasteiger partial charge is 0.226 e. The van der Waals surface area contributed by atoms with Gasteiger partial charge < -0.3 is 29.6 Å². The van der Waals surface area contributed by atoms with Crippen molar-refractivity contribution < 1.29 is 28.5 Å². The second kappa shape index (κ2) is 16.5. The number of hydrogen-bond acceptors (Lipinski definition) is 12. The predicted molar refractivity (Wildman–Crippen MR) is 169 cm³/mol. The number of methoxy groups -OCH3 is 4. The summed E-state index contributed by atoms with van der Waals surface area (Å²) in [7, 11) is 6.34. The molecule has 2 amide bonds. The molecule has 2 heterocycles. The van der Waals surface area contributed by atoms with Crippen LogP contribution in [0.15, 0.2) is 36.4 Å². The first-order valence-corrected chi connectivity index (χ1v) is 15.7. The Labute approximate surface area is 264 Å². The van der Waals surface area contributed by atoms with Gasteiger partial charge in [0.15, 0.2) is 23.0 Å². The Balaban J connectivity index is 1.15. The van der Waals surface area contributed by atoms with E-state index in [1.54, 1.807) is 28.4 Å². The summed E-state index contributed by atoms with van der Waals surface area (Å²) in [5.41, 5.74) is 1.80. The molecule has 0 aliphatic rings. The van der Waals surface area contributed by atoms with E-state index in [0.29, 0.717) is 46.1 Å². The van der Waals surface area contributed by atoms with E-state index in [-0.39, 0.29) is 24.7 Å². The average molecular weight is 641 g/mol. The molecule has 0 aliphatic carbocycles. The SMILES string of the molecule is COc1cccc(CCC(=O)Nc2nnc(CCCCc3nnc(NC(=O)CCc4cccc(OC)c4OC)s3)s2)c1OC. The number of nitrogens with one attached hydrogen (secondary N) is 2. The van der Waals surface area contributed by atoms with Crippen LogP contribution in [0, 0.1) is 0 Å². The van der Waals surface area contributed by atoms with Gasteiger partial charge in [0, 0.05) is 25.7 Å². The summed E-state index contributed by atoms with van der Waals surface area (Å²) >= 11 is 2.75. The van der Waals surface area contributed by atoms with Crippen LogP contribution in [0.5, 0.6) is 23.0 Å². The van der Waals surface area contributed by atoms with Gasteiger partial charge in [0.05, 0.1) is 28.4 Å². The van der Waals surface area contributed by atoms with E-state index in [9.17, 15) is 9.59 Å². The van der Waals surface area contributed by atoms with Crippen molar-refractivity contribution in [2.45, 2.75) is 51.4 Å².